The van der Waals surface area contributed by atoms with E-state index in [4.69, 9.17) is 64.1 Å². The van der Waals surface area contributed by atoms with Crippen molar-refractivity contribution in [3.05, 3.63) is 297 Å². The lowest BCUT2D eigenvalue weighted by molar-refractivity contribution is -0.191. The van der Waals surface area contributed by atoms with Gasteiger partial charge < -0.3 is 73.1 Å². The van der Waals surface area contributed by atoms with Gasteiger partial charge in [-0.15, -0.1) is 0 Å². The molecule has 0 bridgehead atoms. The number of nitrogens with two attached hydrogens (primary N) is 2. The molecule has 2 aliphatic rings. The molecule has 120 heavy (non-hydrogen) atoms. The van der Waals surface area contributed by atoms with Crippen LogP contribution in [0.3, 0.4) is 0 Å². The molecule has 5 atom stereocenters. The second-order valence-electron chi connectivity index (χ2n) is 27.4. The number of ether oxygens (including phenoxy) is 8. The Labute approximate surface area is 690 Å². The van der Waals surface area contributed by atoms with Crippen LogP contribution in [-0.2, 0) is 98.5 Å². The normalized spacial score (nSPS) is 13.7. The van der Waals surface area contributed by atoms with Gasteiger partial charge in [-0.1, -0.05) is 116 Å². The molecule has 9 aromatic rings. The van der Waals surface area contributed by atoms with E-state index in [0.717, 1.165) is 47.0 Å². The Morgan fingerprint density at radius 1 is 0.558 bits per heavy atom. The van der Waals surface area contributed by atoms with Gasteiger partial charge in [0, 0.05) is 113 Å². The van der Waals surface area contributed by atoms with Crippen molar-refractivity contribution in [2.45, 2.75) is 170 Å². The maximum Gasteiger partial charge on any atom is 0.373 e. The Bertz CT molecular complexity index is 5110. The zero-order chi connectivity index (χ0) is 88.1. The standard InChI is InChI=1S/C28H26F2N2O5.C28H29F2NO6.C21H27NO5.C7H7F2N.C4H11NO.CO2/c1-17-11-12-36-24-15-31-14-21(23(33)10-8-19-7-9-20(29)13-22(19)30)26(34)27(25(31)28(35)32(17)24)37-16-18-5-3-2-4-6-18;1-4-36-28(34)25-27(37-17-19-8-6-5-7-9-19)26(33)22(16-31(25)15-18(2)35-3)24(32)13-11-20-10-12-21(29)14-23(20)30;1-5-17-13-22(12-15(3)25-4)18(21(24)26-6-2)20(19(17)23)27-14-16-10-8-7-9-11-16;8-6-2-1-5(4-10)7(9)3-6;1-4(5)2-3-6;2-1-3/h2-7,9,13-14,17,24H,8,10-12,15-16H2,1H3;5-10,12,14,16,18H,4,11,13,15,17H2,1-3H3;7-11,13,15H,5-6,12,14H2,1-4H3;1-3H,4,10H2;4,6H,2-3,5H2,1H3;/t17-,24?;;;;4-;/m1...1./s1. The summed E-state index contributed by atoms with van der Waals surface area (Å²) in [6, 6.07) is 37.4. The Morgan fingerprint density at radius 2 is 0.958 bits per heavy atom. The molecular formula is C89H100F6N6O19. The average Bonchev–Trinajstić information content (AvgIpc) is 0.740. The SMILES string of the molecule is CCOC(=O)c1c(OCc2ccccc2)c(=O)c(C(=O)CCc2ccc(F)cc2F)cn1CC(C)OC.CCOC(=O)c1c(OCc2ccccc2)c(=O)c(CC)cn1CC(C)OC.C[C@@H](N)CCO.C[C@@H]1CCOC2Cn3cc(C(=O)CCc4ccc(F)cc4F)c(=O)c(OCc4ccccc4)c3C(=O)N21.NCc1ccc(F)cc1F.O=C=O. The fraction of sp³-hybridized carbons (Fsp3) is 0.360. The van der Waals surface area contributed by atoms with Gasteiger partial charge in [-0.2, -0.15) is 9.59 Å². The number of carbonyl (C=O) groups is 5. The second kappa shape index (κ2) is 49.4. The number of halogens is 6. The van der Waals surface area contributed by atoms with Crippen LogP contribution in [0.15, 0.2) is 179 Å². The summed E-state index contributed by atoms with van der Waals surface area (Å²) in [5.41, 5.74) is 12.0. The molecular weight excluding hydrogens is 1570 g/mol. The summed E-state index contributed by atoms with van der Waals surface area (Å²) in [4.78, 5) is 123. The van der Waals surface area contributed by atoms with Gasteiger partial charge in [-0.05, 0) is 120 Å². The van der Waals surface area contributed by atoms with E-state index in [-0.39, 0.29) is 177 Å². The van der Waals surface area contributed by atoms with Crippen LogP contribution in [-0.4, -0.2) is 130 Å². The second-order valence-corrected chi connectivity index (χ2v) is 27.4. The van der Waals surface area contributed by atoms with E-state index < -0.39 is 81.4 Å². The summed E-state index contributed by atoms with van der Waals surface area (Å²) in [6.07, 6.45) is 5.01. The van der Waals surface area contributed by atoms with E-state index in [0.29, 0.717) is 43.5 Å². The van der Waals surface area contributed by atoms with E-state index in [9.17, 15) is 64.7 Å². The number of aliphatic hydroxyl groups excluding tert-OH is 1. The lowest BCUT2D eigenvalue weighted by Crippen LogP contribution is -2.57. The van der Waals surface area contributed by atoms with Gasteiger partial charge in [0.1, 0.15) is 54.7 Å². The summed E-state index contributed by atoms with van der Waals surface area (Å²) in [7, 11) is 3.10. The number of aryl methyl sites for hydroxylation is 3. The van der Waals surface area contributed by atoms with Crippen molar-refractivity contribution >= 4 is 35.6 Å². The summed E-state index contributed by atoms with van der Waals surface area (Å²) < 4.78 is 128. The van der Waals surface area contributed by atoms with Gasteiger partial charge in [0.05, 0.1) is 49.7 Å². The molecule has 0 spiro atoms. The molecule has 1 saturated heterocycles. The van der Waals surface area contributed by atoms with Gasteiger partial charge in [0.2, 0.25) is 16.3 Å². The number of methoxy groups -OCH3 is 2. The number of rotatable bonds is 31. The number of hydrogen-bond donors (Lipinski definition) is 3. The molecule has 3 unspecified atom stereocenters. The number of esters is 2. The van der Waals surface area contributed by atoms with Crippen molar-refractivity contribution in [3.63, 3.8) is 0 Å². The highest BCUT2D eigenvalue weighted by Crippen LogP contribution is 2.32. The molecule has 1 fully saturated rings. The van der Waals surface area contributed by atoms with Crippen molar-refractivity contribution in [1.82, 2.24) is 18.6 Å². The highest BCUT2D eigenvalue weighted by atomic mass is 19.2. The maximum atomic E-state index is 14.1. The monoisotopic (exact) mass is 1670 g/mol. The van der Waals surface area contributed by atoms with Gasteiger partial charge >= 0.3 is 18.1 Å². The first-order valence-electron chi connectivity index (χ1n) is 38.6. The highest BCUT2D eigenvalue weighted by molar-refractivity contribution is 6.01. The van der Waals surface area contributed by atoms with Crippen LogP contribution >= 0.6 is 0 Å². The number of pyridine rings is 3. The van der Waals surface area contributed by atoms with E-state index >= 15 is 0 Å². The first-order valence-corrected chi connectivity index (χ1v) is 38.6. The molecule has 1 amide bonds. The van der Waals surface area contributed by atoms with Crippen LogP contribution < -0.4 is 42.0 Å². The molecule has 11 rings (SSSR count). The molecule has 25 nitrogen and oxygen atoms in total. The van der Waals surface area contributed by atoms with Crippen LogP contribution in [0.1, 0.15) is 165 Å². The van der Waals surface area contributed by atoms with E-state index in [1.54, 1.807) is 72.4 Å². The fourth-order valence-corrected chi connectivity index (χ4v) is 12.1. The van der Waals surface area contributed by atoms with E-state index in [2.05, 4.69) is 0 Å². The number of aromatic nitrogens is 3. The molecule has 6 aromatic carbocycles. The van der Waals surface area contributed by atoms with Crippen LogP contribution in [0.25, 0.3) is 0 Å². The summed E-state index contributed by atoms with van der Waals surface area (Å²) in [6.45, 7) is 14.7. The smallest absolute Gasteiger partial charge is 0.373 e. The predicted octanol–water partition coefficient (Wildman–Crippen LogP) is 12.6. The third-order valence-corrected chi connectivity index (χ3v) is 18.6. The van der Waals surface area contributed by atoms with Gasteiger partial charge in [0.25, 0.3) is 5.91 Å². The van der Waals surface area contributed by atoms with E-state index in [1.165, 1.54) is 48.3 Å². The summed E-state index contributed by atoms with van der Waals surface area (Å²) in [5, 5.41) is 8.16. The topological polar surface area (TPSA) is 335 Å². The largest absolute Gasteiger partial charge is 0.483 e. The Hall–Kier alpha value is -12.0. The summed E-state index contributed by atoms with van der Waals surface area (Å²) in [5.74, 6) is -7.45. The number of aliphatic hydroxyl groups is 1. The molecule has 642 valence electrons. The van der Waals surface area contributed by atoms with Crippen molar-refractivity contribution in [1.29, 1.82) is 0 Å². The van der Waals surface area contributed by atoms with Gasteiger partial charge in [-0.25, -0.2) is 35.9 Å². The number of nitrogens with zero attached hydrogens (tertiary/aromatic N) is 4. The zero-order valence-corrected chi connectivity index (χ0v) is 68.2. The lowest BCUT2D eigenvalue weighted by Gasteiger charge is -2.44. The number of benzene rings is 6. The average molecular weight is 1670 g/mol. The molecule has 5 heterocycles. The Morgan fingerprint density at radius 3 is 1.34 bits per heavy atom. The predicted molar refractivity (Wildman–Crippen MR) is 431 cm³/mol. The van der Waals surface area contributed by atoms with Crippen LogP contribution in [0.4, 0.5) is 26.3 Å². The maximum absolute atomic E-state index is 14.1. The minimum absolute atomic E-state index is 0.0116. The molecule has 2 aliphatic heterocycles. The van der Waals surface area contributed by atoms with Crippen LogP contribution in [0, 0.1) is 34.9 Å². The van der Waals surface area contributed by atoms with Crippen LogP contribution in [0.2, 0.25) is 0 Å². The number of hydrogen-bond acceptors (Lipinski definition) is 21. The molecule has 5 N–H and O–H groups in total. The number of carbonyl (C=O) groups excluding carboxylic acids is 7. The number of fused-ring (bicyclic) bond motifs is 2. The molecule has 0 aliphatic carbocycles. The van der Waals surface area contributed by atoms with Crippen LogP contribution in [0.5, 0.6) is 17.2 Å². The third-order valence-electron chi connectivity index (χ3n) is 18.6. The van der Waals surface area contributed by atoms with E-state index in [1.807, 2.05) is 94.4 Å². The lowest BCUT2D eigenvalue weighted by atomic mass is 10.0. The minimum Gasteiger partial charge on any atom is -0.483 e. The highest BCUT2D eigenvalue weighted by Gasteiger charge is 2.42. The molecule has 3 aromatic heterocycles. The number of ketones is 2. The van der Waals surface area contributed by atoms with Crippen molar-refractivity contribution in [2.24, 2.45) is 11.5 Å². The number of amides is 1. The Kier molecular flexibility index (Phi) is 39.9. The van der Waals surface area contributed by atoms with Crippen molar-refractivity contribution in [2.75, 3.05) is 40.6 Å². The van der Waals surface area contributed by atoms with Crippen molar-refractivity contribution < 1.29 is 103 Å². The summed E-state index contributed by atoms with van der Waals surface area (Å²) >= 11 is 0. The number of Topliss-reactive ketones (excluding diaryl/α,β-unsaturated/α-hetero) is 2. The third kappa shape index (κ3) is 28.4. The molecule has 0 radical (unpaired) electrons. The first-order chi connectivity index (χ1) is 57.5. The molecule has 0 saturated carbocycles. The first kappa shape index (κ1) is 96.9. The van der Waals surface area contributed by atoms with Crippen molar-refractivity contribution in [3.8, 4) is 17.2 Å². The Balaban J connectivity index is 0.000000253. The molecule has 31 heteroatoms. The zero-order valence-electron chi connectivity index (χ0n) is 68.2. The van der Waals surface area contributed by atoms with Gasteiger partial charge in [0.15, 0.2) is 52.1 Å². The quantitative estimate of drug-likeness (QED) is 0.0206. The fourth-order valence-electron chi connectivity index (χ4n) is 12.1. The van der Waals surface area contributed by atoms with Gasteiger partial charge in [-0.3, -0.25) is 28.8 Å². The minimum atomic E-state index is -0.779.